The lowest BCUT2D eigenvalue weighted by molar-refractivity contribution is 0.220. The van der Waals surface area contributed by atoms with Crippen molar-refractivity contribution in [2.24, 2.45) is 10.7 Å². The molecule has 0 saturated heterocycles. The fraction of sp³-hybridized carbons (Fsp3) is 0.250. The first kappa shape index (κ1) is 12.9. The molecule has 1 aromatic carbocycles. The van der Waals surface area contributed by atoms with Crippen LogP contribution < -0.4 is 10.5 Å². The van der Waals surface area contributed by atoms with Gasteiger partial charge in [0, 0.05) is 11.3 Å². The molecule has 0 aliphatic carbocycles. The molecule has 0 unspecified atom stereocenters. The number of amidine groups is 1. The predicted molar refractivity (Wildman–Crippen MR) is 82.1 cm³/mol. The molecule has 0 radical (unpaired) electrons. The van der Waals surface area contributed by atoms with Crippen LogP contribution in [0.2, 0.25) is 0 Å². The second kappa shape index (κ2) is 4.91. The quantitative estimate of drug-likeness (QED) is 0.919. The van der Waals surface area contributed by atoms with Crippen LogP contribution in [0.3, 0.4) is 0 Å². The van der Waals surface area contributed by atoms with E-state index >= 15 is 0 Å². The molecule has 0 amide bonds. The maximum absolute atomic E-state index is 6.04. The highest BCUT2D eigenvalue weighted by Gasteiger charge is 2.33. The van der Waals surface area contributed by atoms with Gasteiger partial charge in [0.15, 0.2) is 0 Å². The minimum absolute atomic E-state index is 0.121. The summed E-state index contributed by atoms with van der Waals surface area (Å²) in [6.07, 6.45) is 3.14. The second-order valence-electron chi connectivity index (χ2n) is 5.37. The first-order valence-electron chi connectivity index (χ1n) is 7.16. The molecule has 2 aromatic rings. The van der Waals surface area contributed by atoms with Crippen molar-refractivity contribution in [2.75, 3.05) is 13.2 Å². The first-order valence-corrected chi connectivity index (χ1v) is 7.16. The number of para-hydroxylation sites is 1. The number of nitrogens with two attached hydrogens (primary N) is 1. The Morgan fingerprint density at radius 1 is 1.32 bits per heavy atom. The van der Waals surface area contributed by atoms with Gasteiger partial charge >= 0.3 is 0 Å². The molecule has 3 heterocycles. The van der Waals surface area contributed by atoms with Gasteiger partial charge in [0.1, 0.15) is 30.2 Å². The molecular formula is C16H16N4O2. The van der Waals surface area contributed by atoms with Crippen LogP contribution in [0.15, 0.2) is 51.8 Å². The van der Waals surface area contributed by atoms with E-state index in [0.717, 1.165) is 11.4 Å². The van der Waals surface area contributed by atoms with Crippen LogP contribution in [0.25, 0.3) is 5.70 Å². The number of ether oxygens (including phenoxy) is 1. The Morgan fingerprint density at radius 3 is 3.00 bits per heavy atom. The summed E-state index contributed by atoms with van der Waals surface area (Å²) in [5, 5.41) is 0. The van der Waals surface area contributed by atoms with Gasteiger partial charge in [-0.15, -0.1) is 0 Å². The van der Waals surface area contributed by atoms with Gasteiger partial charge in [-0.2, -0.15) is 0 Å². The number of hydrogen-bond acceptors (Lipinski definition) is 6. The van der Waals surface area contributed by atoms with Crippen molar-refractivity contribution in [1.29, 1.82) is 0 Å². The van der Waals surface area contributed by atoms with Crippen molar-refractivity contribution >= 4 is 11.5 Å². The Kier molecular flexibility index (Phi) is 2.89. The van der Waals surface area contributed by atoms with Gasteiger partial charge in [-0.05, 0) is 13.0 Å². The number of benzene rings is 1. The van der Waals surface area contributed by atoms with Crippen LogP contribution in [0.1, 0.15) is 24.4 Å². The van der Waals surface area contributed by atoms with E-state index in [4.69, 9.17) is 14.9 Å². The highest BCUT2D eigenvalue weighted by Crippen LogP contribution is 2.39. The summed E-state index contributed by atoms with van der Waals surface area (Å²) in [4.78, 5) is 10.8. The van der Waals surface area contributed by atoms with E-state index < -0.39 is 0 Å². The third-order valence-electron chi connectivity index (χ3n) is 4.05. The average Bonchev–Trinajstić information content (AvgIpc) is 3.18. The van der Waals surface area contributed by atoms with Gasteiger partial charge in [0.2, 0.25) is 5.89 Å². The Labute approximate surface area is 127 Å². The zero-order valence-electron chi connectivity index (χ0n) is 12.2. The van der Waals surface area contributed by atoms with Crippen LogP contribution in [0.5, 0.6) is 5.75 Å². The van der Waals surface area contributed by atoms with Crippen molar-refractivity contribution in [1.82, 2.24) is 9.88 Å². The van der Waals surface area contributed by atoms with Gasteiger partial charge in [-0.3, -0.25) is 0 Å². The van der Waals surface area contributed by atoms with E-state index in [2.05, 4.69) is 20.9 Å². The minimum Gasteiger partial charge on any atom is -0.491 e. The molecular weight excluding hydrogens is 280 g/mol. The zero-order chi connectivity index (χ0) is 15.1. The lowest BCUT2D eigenvalue weighted by Crippen LogP contribution is -2.39. The number of rotatable bonds is 2. The topological polar surface area (TPSA) is 76.9 Å². The normalized spacial score (nSPS) is 20.7. The van der Waals surface area contributed by atoms with Crippen LogP contribution in [0, 0.1) is 0 Å². The Bertz CT molecular complexity index is 764. The number of hydrogen-bond donors (Lipinski definition) is 1. The molecule has 112 valence electrons. The molecule has 0 bridgehead atoms. The minimum atomic E-state index is 0.121. The highest BCUT2D eigenvalue weighted by atomic mass is 16.5. The molecule has 1 atom stereocenters. The van der Waals surface area contributed by atoms with E-state index in [1.54, 1.807) is 6.20 Å². The molecule has 4 rings (SSSR count). The highest BCUT2D eigenvalue weighted by molar-refractivity contribution is 5.90. The second-order valence-corrected chi connectivity index (χ2v) is 5.37. The number of fused-ring (bicyclic) bond motifs is 1. The van der Waals surface area contributed by atoms with Gasteiger partial charge in [0.25, 0.3) is 0 Å². The summed E-state index contributed by atoms with van der Waals surface area (Å²) >= 11 is 0. The van der Waals surface area contributed by atoms with E-state index in [0.29, 0.717) is 30.6 Å². The molecule has 22 heavy (non-hydrogen) atoms. The number of aromatic nitrogens is 1. The Balaban J connectivity index is 1.76. The third kappa shape index (κ3) is 1.95. The monoisotopic (exact) mass is 296 g/mol. The van der Waals surface area contributed by atoms with Crippen molar-refractivity contribution < 1.29 is 9.15 Å². The van der Waals surface area contributed by atoms with Crippen LogP contribution in [0.4, 0.5) is 0 Å². The molecule has 6 nitrogen and oxygen atoms in total. The van der Waals surface area contributed by atoms with Crippen molar-refractivity contribution in [3.05, 3.63) is 53.9 Å². The van der Waals surface area contributed by atoms with Crippen LogP contribution in [-0.4, -0.2) is 28.9 Å². The lowest BCUT2D eigenvalue weighted by Gasteiger charge is -2.33. The SMILES string of the molecule is CC1=C(c2ncco2)N=C(N)CN1[C@@H]1COc2ccccc21. The molecule has 0 spiro atoms. The molecule has 1 aromatic heterocycles. The van der Waals surface area contributed by atoms with E-state index in [9.17, 15) is 0 Å². The molecule has 2 N–H and O–H groups in total. The van der Waals surface area contributed by atoms with Crippen LogP contribution >= 0.6 is 0 Å². The Morgan fingerprint density at radius 2 is 2.18 bits per heavy atom. The summed E-state index contributed by atoms with van der Waals surface area (Å²) in [6.45, 7) is 3.18. The summed E-state index contributed by atoms with van der Waals surface area (Å²) in [5.41, 5.74) is 8.87. The number of oxazole rings is 1. The number of aliphatic imine (C=N–C) groups is 1. The van der Waals surface area contributed by atoms with Crippen molar-refractivity contribution in [3.63, 3.8) is 0 Å². The van der Waals surface area contributed by atoms with Crippen molar-refractivity contribution in [2.45, 2.75) is 13.0 Å². The van der Waals surface area contributed by atoms with E-state index in [1.807, 2.05) is 25.1 Å². The van der Waals surface area contributed by atoms with Gasteiger partial charge in [0.05, 0.1) is 18.8 Å². The summed E-state index contributed by atoms with van der Waals surface area (Å²) in [7, 11) is 0. The van der Waals surface area contributed by atoms with Crippen molar-refractivity contribution in [3.8, 4) is 5.75 Å². The smallest absolute Gasteiger partial charge is 0.246 e. The number of allylic oxidation sites excluding steroid dienone is 1. The fourth-order valence-electron chi connectivity index (χ4n) is 2.98. The average molecular weight is 296 g/mol. The molecule has 2 aliphatic heterocycles. The lowest BCUT2D eigenvalue weighted by atomic mass is 10.1. The summed E-state index contributed by atoms with van der Waals surface area (Å²) in [5.74, 6) is 1.96. The molecule has 2 aliphatic rings. The fourth-order valence-corrected chi connectivity index (χ4v) is 2.98. The number of nitrogens with zero attached hydrogens (tertiary/aromatic N) is 3. The first-order chi connectivity index (χ1) is 10.7. The molecule has 6 heteroatoms. The molecule has 0 fully saturated rings. The third-order valence-corrected chi connectivity index (χ3v) is 4.05. The maximum atomic E-state index is 6.04. The Hall–Kier alpha value is -2.76. The predicted octanol–water partition coefficient (Wildman–Crippen LogP) is 2.17. The van der Waals surface area contributed by atoms with E-state index in [1.165, 1.54) is 11.8 Å². The summed E-state index contributed by atoms with van der Waals surface area (Å²) < 4.78 is 11.2. The van der Waals surface area contributed by atoms with E-state index in [-0.39, 0.29) is 6.04 Å². The zero-order valence-corrected chi connectivity index (χ0v) is 12.2. The van der Waals surface area contributed by atoms with Gasteiger partial charge < -0.3 is 19.8 Å². The summed E-state index contributed by atoms with van der Waals surface area (Å²) in [6, 6.07) is 8.21. The van der Waals surface area contributed by atoms with Crippen LogP contribution in [-0.2, 0) is 0 Å². The van der Waals surface area contributed by atoms with Gasteiger partial charge in [-0.1, -0.05) is 18.2 Å². The standard InChI is InChI=1S/C16H16N4O2/c1-10-15(16-18-6-7-21-16)19-14(17)8-20(10)12-9-22-13-5-3-2-4-11(12)13/h2-7,12H,8-9H2,1H3,(H2,17,19)/t12-/m1/s1. The maximum Gasteiger partial charge on any atom is 0.246 e. The molecule has 0 saturated carbocycles. The van der Waals surface area contributed by atoms with Gasteiger partial charge in [-0.25, -0.2) is 9.98 Å². The largest absolute Gasteiger partial charge is 0.491 e.